The van der Waals surface area contributed by atoms with E-state index in [0.29, 0.717) is 5.82 Å². The first kappa shape index (κ1) is 52.7. The highest BCUT2D eigenvalue weighted by molar-refractivity contribution is 6.01. The number of H-pyrrole nitrogens is 2. The van der Waals surface area contributed by atoms with Crippen molar-refractivity contribution in [3.8, 4) is 56.0 Å². The number of fused-ring (bicyclic) bond motifs is 8. The summed E-state index contributed by atoms with van der Waals surface area (Å²) in [5.41, 5.74) is -15.2. The summed E-state index contributed by atoms with van der Waals surface area (Å²) < 4.78 is 240. The van der Waals surface area contributed by atoms with Crippen LogP contribution in [0.25, 0.3) is 90.9 Å². The van der Waals surface area contributed by atoms with Gasteiger partial charge in [0.15, 0.2) is 75.6 Å². The first-order chi connectivity index (χ1) is 38.6. The summed E-state index contributed by atoms with van der Waals surface area (Å²) in [7, 11) is 1.65. The number of rotatable bonds is 9. The standard InChI is InChI=1S/C54H22F15N9O3/c1-77-18-70-17-32(77)76-75-19-3-2-4-21(15-19)81-31-14-5-20(78(79)80)16-22(31)33-23-6-8-25(71-23)34(37-40(55)46(61)52(67)47(62)41(37)56)27-10-12-29(73-27)36(39-44(59)50(65)54(69)51(66)45(39)60)30-13-11-28(74-30)35(26-9-7-24(33)72-26)38-42(57)48(63)53(68)49(64)43(38)58/h2-18,71,74H,1H3. The summed E-state index contributed by atoms with van der Waals surface area (Å²) in [6.45, 7) is 0. The van der Waals surface area contributed by atoms with Gasteiger partial charge in [0.2, 0.25) is 17.5 Å². The Balaban J connectivity index is 1.32. The fourth-order valence-electron chi connectivity index (χ4n) is 8.96. The number of azo groups is 1. The summed E-state index contributed by atoms with van der Waals surface area (Å²) in [6.07, 6.45) is 6.32. The zero-order chi connectivity index (χ0) is 57.6. The quantitative estimate of drug-likeness (QED) is 0.0367. The van der Waals surface area contributed by atoms with Crippen molar-refractivity contribution in [1.82, 2.24) is 29.5 Å². The number of aryl methyl sites for hydroxylation is 1. The number of ether oxygens (including phenoxy) is 1. The molecule has 0 spiro atoms. The number of aromatic nitrogens is 6. The van der Waals surface area contributed by atoms with Crippen LogP contribution in [0.15, 0.2) is 89.5 Å². The maximum Gasteiger partial charge on any atom is 0.270 e. The van der Waals surface area contributed by atoms with Crippen molar-refractivity contribution >= 4 is 63.6 Å². The average molecular weight is 1130 g/mol. The van der Waals surface area contributed by atoms with Gasteiger partial charge >= 0.3 is 0 Å². The van der Waals surface area contributed by atoms with Crippen LogP contribution in [0.4, 0.5) is 83.0 Å². The van der Waals surface area contributed by atoms with Gasteiger partial charge < -0.3 is 19.3 Å². The van der Waals surface area contributed by atoms with Crippen LogP contribution in [0.2, 0.25) is 0 Å². The van der Waals surface area contributed by atoms with Gasteiger partial charge in [0.1, 0.15) is 11.5 Å². The molecular weight excluding hydrogens is 1110 g/mol. The molecule has 0 fully saturated rings. The van der Waals surface area contributed by atoms with Gasteiger partial charge in [0.05, 0.1) is 62.6 Å². The van der Waals surface area contributed by atoms with Crippen molar-refractivity contribution in [2.45, 2.75) is 0 Å². The molecule has 2 aliphatic heterocycles. The van der Waals surface area contributed by atoms with Crippen molar-refractivity contribution < 1.29 is 75.5 Å². The Morgan fingerprint density at radius 2 is 0.877 bits per heavy atom. The molecule has 0 amide bonds. The predicted molar refractivity (Wildman–Crippen MR) is 261 cm³/mol. The van der Waals surface area contributed by atoms with Crippen LogP contribution in [-0.4, -0.2) is 34.4 Å². The van der Waals surface area contributed by atoms with Crippen molar-refractivity contribution in [1.29, 1.82) is 0 Å². The molecule has 11 rings (SSSR count). The van der Waals surface area contributed by atoms with Crippen LogP contribution in [0, 0.1) is 97.4 Å². The molecule has 0 aliphatic carbocycles. The average Bonchev–Trinajstić information content (AvgIpc) is 4.06. The lowest BCUT2D eigenvalue weighted by Gasteiger charge is -2.13. The fourth-order valence-corrected chi connectivity index (χ4v) is 8.96. The number of nitrogens with zero attached hydrogens (tertiary/aromatic N) is 7. The summed E-state index contributed by atoms with van der Waals surface area (Å²) in [5.74, 6) is -37.9. The van der Waals surface area contributed by atoms with Crippen LogP contribution >= 0.6 is 0 Å². The fraction of sp³-hybridized carbons (Fsp3) is 0.0185. The minimum absolute atomic E-state index is 0.0183. The van der Waals surface area contributed by atoms with E-state index in [0.717, 1.165) is 66.8 Å². The minimum Gasteiger partial charge on any atom is -0.457 e. The van der Waals surface area contributed by atoms with Crippen LogP contribution in [-0.2, 0) is 7.05 Å². The third-order valence-corrected chi connectivity index (χ3v) is 12.7. The van der Waals surface area contributed by atoms with Crippen LogP contribution in [0.5, 0.6) is 11.5 Å². The Labute approximate surface area is 440 Å². The SMILES string of the molecule is Cn1cncc1N=Nc1cccc(Oc2ccc([N+](=O)[O-])cc2-c2c3nc(c(-c4c(F)c(F)c(F)c(F)c4F)c4ccc([nH]4)c(-c4c(F)c(F)c(F)c(F)c4F)c4nc(c(-c5c(F)c(F)c(F)c(F)c5F)c5ccc2[nH]5)C=C4)C=C3)c1. The number of imidazole rings is 1. The molecule has 0 atom stereocenters. The van der Waals surface area contributed by atoms with Gasteiger partial charge in [-0.3, -0.25) is 10.1 Å². The van der Waals surface area contributed by atoms with Crippen LogP contribution < -0.4 is 4.74 Å². The zero-order valence-electron chi connectivity index (χ0n) is 39.8. The topological polar surface area (TPSA) is 152 Å². The van der Waals surface area contributed by atoms with Gasteiger partial charge in [-0.1, -0.05) is 6.07 Å². The molecule has 406 valence electrons. The molecular formula is C54H22F15N9O3. The summed E-state index contributed by atoms with van der Waals surface area (Å²) in [5, 5.41) is 20.8. The molecule has 0 saturated carbocycles. The lowest BCUT2D eigenvalue weighted by molar-refractivity contribution is -0.384. The van der Waals surface area contributed by atoms with E-state index in [-0.39, 0.29) is 33.8 Å². The smallest absolute Gasteiger partial charge is 0.270 e. The van der Waals surface area contributed by atoms with Crippen molar-refractivity contribution in [2.24, 2.45) is 17.3 Å². The van der Waals surface area contributed by atoms with E-state index in [1.807, 2.05) is 0 Å². The molecule has 0 radical (unpaired) electrons. The Bertz CT molecular complexity index is 4380. The number of nitro benzene ring substituents is 1. The Hall–Kier alpha value is -10.3. The first-order valence-corrected chi connectivity index (χ1v) is 22.8. The monoisotopic (exact) mass is 1130 g/mol. The van der Waals surface area contributed by atoms with Crippen molar-refractivity contribution in [3.63, 3.8) is 0 Å². The lowest BCUT2D eigenvalue weighted by atomic mass is 10.0. The molecule has 6 heterocycles. The molecule has 4 aromatic heterocycles. The third-order valence-electron chi connectivity index (χ3n) is 12.7. The van der Waals surface area contributed by atoms with Gasteiger partial charge in [-0.05, 0) is 66.8 Å². The second kappa shape index (κ2) is 19.8. The highest BCUT2D eigenvalue weighted by Crippen LogP contribution is 2.46. The van der Waals surface area contributed by atoms with E-state index in [1.165, 1.54) is 36.8 Å². The number of aromatic amines is 2. The number of non-ortho nitro benzene ring substituents is 1. The van der Waals surface area contributed by atoms with Crippen molar-refractivity contribution in [2.75, 3.05) is 0 Å². The van der Waals surface area contributed by atoms with E-state index in [4.69, 9.17) is 4.74 Å². The van der Waals surface area contributed by atoms with E-state index in [1.54, 1.807) is 11.6 Å². The Morgan fingerprint density at radius 3 is 1.27 bits per heavy atom. The van der Waals surface area contributed by atoms with E-state index in [2.05, 4.69) is 35.1 Å². The van der Waals surface area contributed by atoms with Crippen LogP contribution in [0.3, 0.4) is 0 Å². The van der Waals surface area contributed by atoms with Crippen LogP contribution in [0.1, 0.15) is 22.8 Å². The highest BCUT2D eigenvalue weighted by Gasteiger charge is 2.34. The summed E-state index contributed by atoms with van der Waals surface area (Å²) in [4.78, 5) is 29.4. The molecule has 12 nitrogen and oxygen atoms in total. The summed E-state index contributed by atoms with van der Waals surface area (Å²) in [6, 6.07) is 12.4. The number of benzene rings is 5. The number of nitro groups is 1. The second-order valence-corrected chi connectivity index (χ2v) is 17.4. The number of hydrogen-bond acceptors (Lipinski definition) is 8. The molecule has 0 unspecified atom stereocenters. The van der Waals surface area contributed by atoms with Gasteiger partial charge in [-0.25, -0.2) is 80.8 Å². The van der Waals surface area contributed by atoms with Gasteiger partial charge in [-0.2, -0.15) is 0 Å². The highest BCUT2D eigenvalue weighted by atomic mass is 19.2. The first-order valence-electron chi connectivity index (χ1n) is 22.8. The Kier molecular flexibility index (Phi) is 12.9. The van der Waals surface area contributed by atoms with Gasteiger partial charge in [-0.15, -0.1) is 10.2 Å². The summed E-state index contributed by atoms with van der Waals surface area (Å²) >= 11 is 0. The minimum atomic E-state index is -2.66. The predicted octanol–water partition coefficient (Wildman–Crippen LogP) is 16.3. The van der Waals surface area contributed by atoms with Crippen molar-refractivity contribution in [3.05, 3.63) is 199 Å². The van der Waals surface area contributed by atoms with Gasteiger partial charge in [0.25, 0.3) is 5.69 Å². The molecule has 8 bridgehead atoms. The van der Waals surface area contributed by atoms with E-state index < -0.39 is 171 Å². The van der Waals surface area contributed by atoms with E-state index >= 15 is 52.7 Å². The molecule has 0 saturated heterocycles. The molecule has 5 aromatic carbocycles. The maximum atomic E-state index is 16.2. The van der Waals surface area contributed by atoms with Gasteiger partial charge in [0, 0.05) is 75.1 Å². The molecule has 2 aliphatic rings. The maximum absolute atomic E-state index is 16.2. The molecule has 2 N–H and O–H groups in total. The van der Waals surface area contributed by atoms with E-state index in [9.17, 15) is 23.3 Å². The lowest BCUT2D eigenvalue weighted by Crippen LogP contribution is -2.06. The number of halogens is 15. The number of hydrogen-bond donors (Lipinski definition) is 2. The molecule has 81 heavy (non-hydrogen) atoms. The Morgan fingerprint density at radius 1 is 0.481 bits per heavy atom. The zero-order valence-corrected chi connectivity index (χ0v) is 39.8. The molecule has 27 heteroatoms. The molecule has 9 aromatic rings. The second-order valence-electron chi connectivity index (χ2n) is 17.4. The number of nitrogens with one attached hydrogen (secondary N) is 2. The normalized spacial score (nSPS) is 12.1. The third kappa shape index (κ3) is 8.68. The largest absolute Gasteiger partial charge is 0.457 e.